The van der Waals surface area contributed by atoms with E-state index in [0.717, 1.165) is 21.3 Å². The molecule has 0 bridgehead atoms. The predicted molar refractivity (Wildman–Crippen MR) is 83.7 cm³/mol. The molecule has 0 spiro atoms. The quantitative estimate of drug-likeness (QED) is 0.906. The van der Waals surface area contributed by atoms with Crippen LogP contribution in [0.1, 0.15) is 27.2 Å². The van der Waals surface area contributed by atoms with E-state index >= 15 is 0 Å². The number of amides is 1. The first-order valence-electron chi connectivity index (χ1n) is 6.24. The monoisotopic (exact) mass is 333 g/mol. The molecule has 0 saturated carbocycles. The summed E-state index contributed by atoms with van der Waals surface area (Å²) in [5.41, 5.74) is 9.65. The van der Waals surface area contributed by atoms with Crippen molar-refractivity contribution in [2.45, 2.75) is 20.4 Å². The average molecular weight is 334 g/mol. The molecule has 4 nitrogen and oxygen atoms in total. The molecule has 0 aliphatic heterocycles. The van der Waals surface area contributed by atoms with Crippen molar-refractivity contribution in [3.05, 3.63) is 57.3 Å². The smallest absolute Gasteiger partial charge is 0.255 e. The zero-order chi connectivity index (χ0) is 14.7. The van der Waals surface area contributed by atoms with Gasteiger partial charge in [0.25, 0.3) is 5.91 Å². The highest BCUT2D eigenvalue weighted by molar-refractivity contribution is 9.10. The van der Waals surface area contributed by atoms with Gasteiger partial charge in [0.1, 0.15) is 0 Å². The lowest BCUT2D eigenvalue weighted by atomic mass is 10.1. The van der Waals surface area contributed by atoms with Crippen LogP contribution in [-0.2, 0) is 6.54 Å². The molecule has 1 aromatic carbocycles. The average Bonchev–Trinajstić information content (AvgIpc) is 2.42. The molecule has 0 unspecified atom stereocenters. The summed E-state index contributed by atoms with van der Waals surface area (Å²) in [7, 11) is 0. The van der Waals surface area contributed by atoms with Gasteiger partial charge in [-0.3, -0.25) is 9.78 Å². The van der Waals surface area contributed by atoms with Crippen molar-refractivity contribution in [2.75, 3.05) is 5.32 Å². The third-order valence-electron chi connectivity index (χ3n) is 3.02. The van der Waals surface area contributed by atoms with Gasteiger partial charge in [-0.1, -0.05) is 15.9 Å². The minimum Gasteiger partial charge on any atom is -0.325 e. The van der Waals surface area contributed by atoms with Crippen LogP contribution in [0, 0.1) is 13.8 Å². The third kappa shape index (κ3) is 3.23. The Morgan fingerprint density at radius 1 is 1.30 bits per heavy atom. The first kappa shape index (κ1) is 14.7. The highest BCUT2D eigenvalue weighted by Crippen LogP contribution is 2.25. The van der Waals surface area contributed by atoms with E-state index in [4.69, 9.17) is 5.73 Å². The highest BCUT2D eigenvalue weighted by Gasteiger charge is 2.11. The molecule has 0 radical (unpaired) electrons. The summed E-state index contributed by atoms with van der Waals surface area (Å²) in [6.45, 7) is 4.24. The maximum Gasteiger partial charge on any atom is 0.255 e. The van der Waals surface area contributed by atoms with Crippen LogP contribution < -0.4 is 11.1 Å². The van der Waals surface area contributed by atoms with Gasteiger partial charge >= 0.3 is 0 Å². The largest absolute Gasteiger partial charge is 0.325 e. The van der Waals surface area contributed by atoms with E-state index in [1.165, 1.54) is 0 Å². The first-order chi connectivity index (χ1) is 9.51. The molecule has 5 heteroatoms. The first-order valence-corrected chi connectivity index (χ1v) is 7.03. The van der Waals surface area contributed by atoms with Crippen molar-refractivity contribution in [3.8, 4) is 0 Å². The topological polar surface area (TPSA) is 68.0 Å². The van der Waals surface area contributed by atoms with Gasteiger partial charge in [-0.05, 0) is 49.2 Å². The Kier molecular flexibility index (Phi) is 4.52. The summed E-state index contributed by atoms with van der Waals surface area (Å²) in [5.74, 6) is -0.157. The van der Waals surface area contributed by atoms with Crippen LogP contribution in [0.3, 0.4) is 0 Å². The second-order valence-electron chi connectivity index (χ2n) is 4.61. The Labute approximate surface area is 126 Å². The lowest BCUT2D eigenvalue weighted by Crippen LogP contribution is -2.15. The van der Waals surface area contributed by atoms with Crippen molar-refractivity contribution in [1.29, 1.82) is 0 Å². The fourth-order valence-electron chi connectivity index (χ4n) is 2.02. The van der Waals surface area contributed by atoms with Crippen LogP contribution in [-0.4, -0.2) is 10.9 Å². The number of nitrogens with zero attached hydrogens (tertiary/aromatic N) is 1. The number of pyridine rings is 1. The van der Waals surface area contributed by atoms with Gasteiger partial charge < -0.3 is 11.1 Å². The molecule has 20 heavy (non-hydrogen) atoms. The van der Waals surface area contributed by atoms with Crippen molar-refractivity contribution in [3.63, 3.8) is 0 Å². The van der Waals surface area contributed by atoms with Gasteiger partial charge in [0.05, 0.1) is 5.69 Å². The Bertz CT molecular complexity index is 632. The summed E-state index contributed by atoms with van der Waals surface area (Å²) in [6, 6.07) is 7.33. The molecule has 2 aromatic rings. The number of aromatic nitrogens is 1. The Balaban J connectivity index is 2.28. The predicted octanol–water partition coefficient (Wildman–Crippen LogP) is 3.17. The molecule has 0 fully saturated rings. The van der Waals surface area contributed by atoms with E-state index in [9.17, 15) is 4.79 Å². The summed E-state index contributed by atoms with van der Waals surface area (Å²) in [5, 5.41) is 2.94. The Morgan fingerprint density at radius 3 is 2.55 bits per heavy atom. The zero-order valence-corrected chi connectivity index (χ0v) is 13.0. The lowest BCUT2D eigenvalue weighted by molar-refractivity contribution is 0.102. The number of anilines is 1. The fraction of sp³-hybridized carbons (Fsp3) is 0.200. The maximum atomic E-state index is 12.3. The minimum absolute atomic E-state index is 0.157. The Morgan fingerprint density at radius 2 is 1.95 bits per heavy atom. The van der Waals surface area contributed by atoms with Crippen LogP contribution in [0.5, 0.6) is 0 Å². The molecule has 1 aromatic heterocycles. The van der Waals surface area contributed by atoms with E-state index in [1.54, 1.807) is 18.3 Å². The van der Waals surface area contributed by atoms with Gasteiger partial charge in [-0.25, -0.2) is 0 Å². The van der Waals surface area contributed by atoms with Crippen molar-refractivity contribution in [1.82, 2.24) is 4.98 Å². The van der Waals surface area contributed by atoms with Crippen LogP contribution in [0.25, 0.3) is 0 Å². The molecule has 1 heterocycles. The van der Waals surface area contributed by atoms with Gasteiger partial charge in [0.2, 0.25) is 0 Å². The molecule has 0 aliphatic rings. The van der Waals surface area contributed by atoms with Gasteiger partial charge in [-0.2, -0.15) is 0 Å². The van der Waals surface area contributed by atoms with E-state index in [1.807, 2.05) is 26.0 Å². The van der Waals surface area contributed by atoms with Crippen LogP contribution in [0.15, 0.2) is 34.9 Å². The normalized spacial score (nSPS) is 10.4. The number of carbonyl (C=O) groups is 1. The van der Waals surface area contributed by atoms with Crippen LogP contribution in [0.2, 0.25) is 0 Å². The standard InChI is InChI=1S/C15H16BrN3O/c1-9-5-12(16)6-10(2)14(9)19-15(20)11-3-4-18-13(7-11)8-17/h3-7H,8,17H2,1-2H3,(H,19,20). The number of benzene rings is 1. The molecular formula is C15H16BrN3O. The molecular weight excluding hydrogens is 318 g/mol. The molecule has 0 aliphatic carbocycles. The van der Waals surface area contributed by atoms with Crippen LogP contribution >= 0.6 is 15.9 Å². The number of hydrogen-bond acceptors (Lipinski definition) is 3. The summed E-state index contributed by atoms with van der Waals surface area (Å²) in [6.07, 6.45) is 1.60. The molecule has 1 amide bonds. The van der Waals surface area contributed by atoms with Crippen molar-refractivity contribution < 1.29 is 4.79 Å². The minimum atomic E-state index is -0.157. The molecule has 0 saturated heterocycles. The number of aryl methyl sites for hydroxylation is 2. The lowest BCUT2D eigenvalue weighted by Gasteiger charge is -2.12. The fourth-order valence-corrected chi connectivity index (χ4v) is 2.71. The molecule has 0 atom stereocenters. The number of rotatable bonds is 3. The molecule has 2 rings (SSSR count). The summed E-state index contributed by atoms with van der Waals surface area (Å²) >= 11 is 3.44. The molecule has 3 N–H and O–H groups in total. The Hall–Kier alpha value is -1.72. The van der Waals surface area contributed by atoms with Gasteiger partial charge in [-0.15, -0.1) is 0 Å². The SMILES string of the molecule is Cc1cc(Br)cc(C)c1NC(=O)c1ccnc(CN)c1. The number of nitrogens with one attached hydrogen (secondary N) is 1. The second kappa shape index (κ2) is 6.15. The maximum absolute atomic E-state index is 12.3. The number of hydrogen-bond donors (Lipinski definition) is 2. The van der Waals surface area contributed by atoms with Crippen molar-refractivity contribution >= 4 is 27.5 Å². The van der Waals surface area contributed by atoms with E-state index in [0.29, 0.717) is 17.8 Å². The van der Waals surface area contributed by atoms with E-state index in [-0.39, 0.29) is 5.91 Å². The number of carbonyl (C=O) groups excluding carboxylic acids is 1. The van der Waals surface area contributed by atoms with E-state index in [2.05, 4.69) is 26.2 Å². The summed E-state index contributed by atoms with van der Waals surface area (Å²) < 4.78 is 1.000. The molecule has 104 valence electrons. The highest BCUT2D eigenvalue weighted by atomic mass is 79.9. The third-order valence-corrected chi connectivity index (χ3v) is 3.48. The zero-order valence-electron chi connectivity index (χ0n) is 11.4. The van der Waals surface area contributed by atoms with E-state index < -0.39 is 0 Å². The van der Waals surface area contributed by atoms with Crippen LogP contribution in [0.4, 0.5) is 5.69 Å². The second-order valence-corrected chi connectivity index (χ2v) is 5.52. The number of nitrogens with two attached hydrogens (primary N) is 1. The van der Waals surface area contributed by atoms with Gasteiger partial charge in [0.15, 0.2) is 0 Å². The number of halogens is 1. The summed E-state index contributed by atoms with van der Waals surface area (Å²) in [4.78, 5) is 16.4. The van der Waals surface area contributed by atoms with Gasteiger partial charge in [0, 0.05) is 28.5 Å². The van der Waals surface area contributed by atoms with Crippen molar-refractivity contribution in [2.24, 2.45) is 5.73 Å².